The van der Waals surface area contributed by atoms with Crippen LogP contribution >= 0.6 is 0 Å². The van der Waals surface area contributed by atoms with Gasteiger partial charge in [-0.05, 0) is 32.1 Å². The summed E-state index contributed by atoms with van der Waals surface area (Å²) in [5, 5.41) is 10.3. The van der Waals surface area contributed by atoms with Gasteiger partial charge in [0, 0.05) is 0 Å². The first kappa shape index (κ1) is 21.7. The molecule has 0 fully saturated rings. The molecular formula is C21H41O. The number of rotatable bonds is 18. The summed E-state index contributed by atoms with van der Waals surface area (Å²) in [5.41, 5.74) is 0. The van der Waals surface area contributed by atoms with Gasteiger partial charge in [-0.25, -0.2) is 5.11 Å². The number of unbranched alkanes of at least 4 members (excludes halogenated alkanes) is 15. The van der Waals surface area contributed by atoms with Crippen LogP contribution in [0.1, 0.15) is 116 Å². The monoisotopic (exact) mass is 309 g/mol. The third-order valence-corrected chi connectivity index (χ3v) is 4.41. The fourth-order valence-electron chi connectivity index (χ4n) is 2.88. The Bertz CT molecular complexity index is 210. The molecule has 0 bridgehead atoms. The highest BCUT2D eigenvalue weighted by atomic mass is 16.2. The summed E-state index contributed by atoms with van der Waals surface area (Å²) >= 11 is 0. The van der Waals surface area contributed by atoms with E-state index in [4.69, 9.17) is 0 Å². The molecule has 1 heteroatoms. The van der Waals surface area contributed by atoms with Crippen LogP contribution in [0, 0.1) is 0 Å². The van der Waals surface area contributed by atoms with Crippen LogP contribution in [0.2, 0.25) is 0 Å². The molecule has 0 unspecified atom stereocenters. The van der Waals surface area contributed by atoms with Crippen molar-refractivity contribution in [2.75, 3.05) is 6.61 Å². The van der Waals surface area contributed by atoms with Gasteiger partial charge < -0.3 is 0 Å². The fourth-order valence-corrected chi connectivity index (χ4v) is 2.88. The van der Waals surface area contributed by atoms with Crippen LogP contribution in [0.4, 0.5) is 0 Å². The summed E-state index contributed by atoms with van der Waals surface area (Å²) < 4.78 is 0. The van der Waals surface area contributed by atoms with Crippen molar-refractivity contribution in [1.82, 2.24) is 0 Å². The smallest absolute Gasteiger partial charge is 0.0822 e. The van der Waals surface area contributed by atoms with Gasteiger partial charge in [-0.1, -0.05) is 96.1 Å². The van der Waals surface area contributed by atoms with Gasteiger partial charge in [-0.15, -0.1) is 0 Å². The molecule has 0 spiro atoms. The second-order valence-electron chi connectivity index (χ2n) is 6.70. The quantitative estimate of drug-likeness (QED) is 0.183. The van der Waals surface area contributed by atoms with Crippen molar-refractivity contribution < 1.29 is 5.11 Å². The van der Waals surface area contributed by atoms with E-state index in [2.05, 4.69) is 19.1 Å². The molecule has 0 saturated carbocycles. The molecule has 1 nitrogen and oxygen atoms in total. The Morgan fingerprint density at radius 2 is 0.864 bits per heavy atom. The van der Waals surface area contributed by atoms with Crippen molar-refractivity contribution in [1.29, 1.82) is 0 Å². The van der Waals surface area contributed by atoms with E-state index in [0.29, 0.717) is 0 Å². The Morgan fingerprint density at radius 3 is 1.27 bits per heavy atom. The van der Waals surface area contributed by atoms with Gasteiger partial charge in [0.15, 0.2) is 0 Å². The van der Waals surface area contributed by atoms with E-state index in [1.54, 1.807) is 0 Å². The average Bonchev–Trinajstić information content (AvgIpc) is 2.54. The van der Waals surface area contributed by atoms with Crippen molar-refractivity contribution in [2.45, 2.75) is 116 Å². The summed E-state index contributed by atoms with van der Waals surface area (Å²) in [5.74, 6) is 0. The third kappa shape index (κ3) is 19.7. The van der Waals surface area contributed by atoms with Gasteiger partial charge in [-0.2, -0.15) is 0 Å². The predicted molar refractivity (Wildman–Crippen MR) is 98.9 cm³/mol. The largest absolute Gasteiger partial charge is 0.237 e. The van der Waals surface area contributed by atoms with Crippen LogP contribution in [-0.4, -0.2) is 6.61 Å². The highest BCUT2D eigenvalue weighted by Gasteiger charge is 1.92. The van der Waals surface area contributed by atoms with Crippen molar-refractivity contribution >= 4 is 0 Å². The summed E-state index contributed by atoms with van der Waals surface area (Å²) in [4.78, 5) is 0. The van der Waals surface area contributed by atoms with Gasteiger partial charge in [0.05, 0.1) is 6.61 Å². The van der Waals surface area contributed by atoms with Crippen LogP contribution in [-0.2, 0) is 5.11 Å². The van der Waals surface area contributed by atoms with E-state index < -0.39 is 0 Å². The average molecular weight is 310 g/mol. The zero-order chi connectivity index (χ0) is 16.1. The molecule has 0 aromatic rings. The first-order valence-electron chi connectivity index (χ1n) is 10.1. The first-order valence-corrected chi connectivity index (χ1v) is 10.1. The Labute approximate surface area is 140 Å². The highest BCUT2D eigenvalue weighted by molar-refractivity contribution is 4.81. The molecule has 1 radical (unpaired) electrons. The molecule has 0 aromatic carbocycles. The van der Waals surface area contributed by atoms with Gasteiger partial charge in [-0.3, -0.25) is 0 Å². The summed E-state index contributed by atoms with van der Waals surface area (Å²) in [6, 6.07) is 0. The molecule has 0 aliphatic heterocycles. The summed E-state index contributed by atoms with van der Waals surface area (Å²) in [7, 11) is 0. The second kappa shape index (κ2) is 20.7. The molecular weight excluding hydrogens is 268 g/mol. The van der Waals surface area contributed by atoms with Gasteiger partial charge in [0.2, 0.25) is 0 Å². The molecule has 0 aliphatic carbocycles. The minimum Gasteiger partial charge on any atom is -0.237 e. The molecule has 0 amide bonds. The zero-order valence-corrected chi connectivity index (χ0v) is 15.3. The maximum Gasteiger partial charge on any atom is 0.0822 e. The van der Waals surface area contributed by atoms with Crippen molar-refractivity contribution in [3.05, 3.63) is 12.2 Å². The molecule has 0 rings (SSSR count). The second-order valence-corrected chi connectivity index (χ2v) is 6.70. The van der Waals surface area contributed by atoms with Crippen LogP contribution in [0.5, 0.6) is 0 Å². The third-order valence-electron chi connectivity index (χ3n) is 4.41. The van der Waals surface area contributed by atoms with E-state index in [1.165, 1.54) is 96.3 Å². The SMILES string of the molecule is CCCCCCCCCCCC=CCCCCCCCC[O]. The number of hydrogen-bond donors (Lipinski definition) is 0. The van der Waals surface area contributed by atoms with Crippen LogP contribution < -0.4 is 0 Å². The highest BCUT2D eigenvalue weighted by Crippen LogP contribution is 2.11. The molecule has 22 heavy (non-hydrogen) atoms. The topological polar surface area (TPSA) is 19.9 Å². The molecule has 0 atom stereocenters. The fraction of sp³-hybridized carbons (Fsp3) is 0.905. The van der Waals surface area contributed by atoms with Gasteiger partial charge in [0.1, 0.15) is 0 Å². The van der Waals surface area contributed by atoms with Crippen molar-refractivity contribution in [3.63, 3.8) is 0 Å². The van der Waals surface area contributed by atoms with Gasteiger partial charge >= 0.3 is 0 Å². The Hall–Kier alpha value is -0.300. The predicted octanol–water partition coefficient (Wildman–Crippen LogP) is 7.62. The summed E-state index contributed by atoms with van der Waals surface area (Å²) in [6.07, 6.45) is 27.3. The van der Waals surface area contributed by atoms with Crippen molar-refractivity contribution in [3.8, 4) is 0 Å². The van der Waals surface area contributed by atoms with Crippen molar-refractivity contribution in [2.24, 2.45) is 0 Å². The normalized spacial score (nSPS) is 11.5. The van der Waals surface area contributed by atoms with Crippen LogP contribution in [0.3, 0.4) is 0 Å². The maximum absolute atomic E-state index is 10.3. The first-order chi connectivity index (χ1) is 10.9. The lowest BCUT2D eigenvalue weighted by molar-refractivity contribution is 0.186. The Kier molecular flexibility index (Phi) is 20.4. The molecule has 0 heterocycles. The lowest BCUT2D eigenvalue weighted by Gasteiger charge is -2.00. The van der Waals surface area contributed by atoms with E-state index in [9.17, 15) is 5.11 Å². The van der Waals surface area contributed by atoms with E-state index in [0.717, 1.165) is 12.8 Å². The minimum absolute atomic E-state index is 0.113. The molecule has 0 N–H and O–H groups in total. The maximum atomic E-state index is 10.3. The summed E-state index contributed by atoms with van der Waals surface area (Å²) in [6.45, 7) is 2.40. The molecule has 0 aliphatic rings. The van der Waals surface area contributed by atoms with Crippen LogP contribution in [0.15, 0.2) is 12.2 Å². The van der Waals surface area contributed by atoms with E-state index in [1.807, 2.05) is 0 Å². The zero-order valence-electron chi connectivity index (χ0n) is 15.3. The lowest BCUT2D eigenvalue weighted by atomic mass is 10.1. The Balaban J connectivity index is 3.02. The van der Waals surface area contributed by atoms with Gasteiger partial charge in [0.25, 0.3) is 0 Å². The van der Waals surface area contributed by atoms with E-state index in [-0.39, 0.29) is 6.61 Å². The van der Waals surface area contributed by atoms with E-state index >= 15 is 0 Å². The minimum atomic E-state index is 0.113. The Morgan fingerprint density at radius 1 is 0.500 bits per heavy atom. The number of allylic oxidation sites excluding steroid dienone is 2. The standard InChI is InChI=1S/C21H41O/c1-2-3-4-5-6-7-8-9-10-11-12-13-14-15-16-17-18-19-20-21-22/h12-13H,2-11,14-21H2,1H3. The molecule has 0 aromatic heterocycles. The molecule has 131 valence electrons. The molecule has 0 saturated heterocycles. The van der Waals surface area contributed by atoms with Crippen LogP contribution in [0.25, 0.3) is 0 Å². The number of hydrogen-bond acceptors (Lipinski definition) is 0. The lowest BCUT2D eigenvalue weighted by Crippen LogP contribution is -1.82.